The van der Waals surface area contributed by atoms with E-state index in [-0.39, 0.29) is 12.3 Å². The molecule has 0 aliphatic heterocycles. The van der Waals surface area contributed by atoms with Crippen LogP contribution >= 0.6 is 22.7 Å². The number of rotatable bonds is 5. The van der Waals surface area contributed by atoms with Crippen LogP contribution in [0.3, 0.4) is 0 Å². The summed E-state index contributed by atoms with van der Waals surface area (Å²) in [6, 6.07) is 10.2. The summed E-state index contributed by atoms with van der Waals surface area (Å²) in [6.07, 6.45) is 6.72. The van der Waals surface area contributed by atoms with Crippen molar-refractivity contribution in [3.63, 3.8) is 0 Å². The number of carbonyl (C=O) groups excluding carboxylic acids is 1. The van der Waals surface area contributed by atoms with Gasteiger partial charge in [0.2, 0.25) is 5.91 Å². The lowest BCUT2D eigenvalue weighted by Gasteiger charge is -1.99. The number of amides is 1. The van der Waals surface area contributed by atoms with Crippen molar-refractivity contribution in [2.24, 2.45) is 0 Å². The molecule has 3 aromatic heterocycles. The maximum Gasteiger partial charge on any atom is 0.232 e. The van der Waals surface area contributed by atoms with Gasteiger partial charge in [0.25, 0.3) is 0 Å². The molecule has 24 heavy (non-hydrogen) atoms. The first kappa shape index (κ1) is 15.0. The summed E-state index contributed by atoms with van der Waals surface area (Å²) in [4.78, 5) is 22.9. The molecule has 3 heterocycles. The molecule has 5 nitrogen and oxygen atoms in total. The molecule has 7 heteroatoms. The van der Waals surface area contributed by atoms with E-state index in [0.29, 0.717) is 5.13 Å². The highest BCUT2D eigenvalue weighted by atomic mass is 32.1. The zero-order valence-corrected chi connectivity index (χ0v) is 14.3. The second-order valence-corrected chi connectivity index (χ2v) is 7.33. The molecule has 0 atom stereocenters. The van der Waals surface area contributed by atoms with E-state index in [1.54, 1.807) is 11.3 Å². The molecular weight excluding hydrogens is 340 g/mol. The molecule has 120 valence electrons. The summed E-state index contributed by atoms with van der Waals surface area (Å²) in [5.41, 5.74) is 2.00. The van der Waals surface area contributed by atoms with Gasteiger partial charge in [-0.05, 0) is 5.56 Å². The smallest absolute Gasteiger partial charge is 0.232 e. The fourth-order valence-electron chi connectivity index (χ4n) is 2.43. The molecule has 0 unspecified atom stereocenters. The van der Waals surface area contributed by atoms with E-state index in [2.05, 4.69) is 27.4 Å². The van der Waals surface area contributed by atoms with Gasteiger partial charge in [-0.15, -0.1) is 22.7 Å². The predicted molar refractivity (Wildman–Crippen MR) is 96.8 cm³/mol. The summed E-state index contributed by atoms with van der Waals surface area (Å²) >= 11 is 3.06. The maximum absolute atomic E-state index is 12.2. The topological polar surface area (TPSA) is 59.3 Å². The van der Waals surface area contributed by atoms with E-state index in [9.17, 15) is 4.79 Å². The molecule has 0 spiro atoms. The van der Waals surface area contributed by atoms with Crippen LogP contribution in [0.25, 0.3) is 4.96 Å². The molecule has 0 aliphatic carbocycles. The number of carbonyl (C=O) groups is 1. The van der Waals surface area contributed by atoms with E-state index in [1.165, 1.54) is 16.9 Å². The Morgan fingerprint density at radius 1 is 1.25 bits per heavy atom. The molecule has 4 aromatic rings. The molecule has 0 bridgehead atoms. The number of fused-ring (bicyclic) bond motifs is 1. The van der Waals surface area contributed by atoms with Gasteiger partial charge < -0.3 is 5.32 Å². The third kappa shape index (κ3) is 3.37. The van der Waals surface area contributed by atoms with Crippen LogP contribution in [0.4, 0.5) is 5.13 Å². The zero-order valence-electron chi connectivity index (χ0n) is 12.7. The first-order chi connectivity index (χ1) is 11.8. The average molecular weight is 354 g/mol. The van der Waals surface area contributed by atoms with Gasteiger partial charge in [-0.3, -0.25) is 9.20 Å². The van der Waals surface area contributed by atoms with Gasteiger partial charge in [-0.2, -0.15) is 0 Å². The van der Waals surface area contributed by atoms with Crippen molar-refractivity contribution >= 4 is 38.7 Å². The second-order valence-electron chi connectivity index (χ2n) is 5.34. The molecule has 0 saturated heterocycles. The number of imidazole rings is 1. The lowest BCUT2D eigenvalue weighted by atomic mass is 10.1. The maximum atomic E-state index is 12.2. The van der Waals surface area contributed by atoms with Crippen molar-refractivity contribution in [3.8, 4) is 0 Å². The summed E-state index contributed by atoms with van der Waals surface area (Å²) in [6.45, 7) is 0. The third-order valence-corrected chi connectivity index (χ3v) is 5.19. The van der Waals surface area contributed by atoms with Crippen molar-refractivity contribution < 1.29 is 4.79 Å². The number of aromatic nitrogens is 3. The standard InChI is InChI=1S/C17H14N4OS2/c22-15(9-13-11-21-6-7-23-17(21)19-13)20-16-18-10-14(24-16)8-12-4-2-1-3-5-12/h1-7,10-11H,8-9H2,(H,18,20,22). The summed E-state index contributed by atoms with van der Waals surface area (Å²) < 4.78 is 1.93. The summed E-state index contributed by atoms with van der Waals surface area (Å²) in [7, 11) is 0. The zero-order chi connectivity index (χ0) is 16.4. The van der Waals surface area contributed by atoms with Crippen LogP contribution in [0.2, 0.25) is 0 Å². The molecule has 0 radical (unpaired) electrons. The number of hydrogen-bond donors (Lipinski definition) is 1. The van der Waals surface area contributed by atoms with Gasteiger partial charge in [0.15, 0.2) is 10.1 Å². The number of benzene rings is 1. The van der Waals surface area contributed by atoms with Crippen LogP contribution < -0.4 is 5.32 Å². The Labute approximate surface area is 146 Å². The number of anilines is 1. The molecule has 0 aliphatic rings. The second kappa shape index (κ2) is 6.54. The molecule has 1 amide bonds. The van der Waals surface area contributed by atoms with Crippen LogP contribution in [0.1, 0.15) is 16.1 Å². The number of thiazole rings is 2. The fraction of sp³-hybridized carbons (Fsp3) is 0.118. The van der Waals surface area contributed by atoms with E-state index < -0.39 is 0 Å². The monoisotopic (exact) mass is 354 g/mol. The normalized spacial score (nSPS) is 11.0. The number of hydrogen-bond acceptors (Lipinski definition) is 5. The SMILES string of the molecule is O=C(Cc1cn2ccsc2n1)Nc1ncc(Cc2ccccc2)s1. The third-order valence-electron chi connectivity index (χ3n) is 3.51. The van der Waals surface area contributed by atoms with Crippen molar-refractivity contribution in [2.45, 2.75) is 12.8 Å². The van der Waals surface area contributed by atoms with E-state index in [0.717, 1.165) is 22.0 Å². The Bertz CT molecular complexity index is 942. The van der Waals surface area contributed by atoms with Gasteiger partial charge in [0, 0.05) is 35.3 Å². The lowest BCUT2D eigenvalue weighted by Crippen LogP contribution is -2.14. The molecule has 4 rings (SSSR count). The Balaban J connectivity index is 1.38. The summed E-state index contributed by atoms with van der Waals surface area (Å²) in [5, 5.41) is 5.46. The highest BCUT2D eigenvalue weighted by Crippen LogP contribution is 2.21. The van der Waals surface area contributed by atoms with Crippen LogP contribution in [0, 0.1) is 0 Å². The van der Waals surface area contributed by atoms with Crippen molar-refractivity contribution in [1.82, 2.24) is 14.4 Å². The molecule has 0 fully saturated rings. The Kier molecular flexibility index (Phi) is 4.10. The molecule has 1 aromatic carbocycles. The Morgan fingerprint density at radius 3 is 2.96 bits per heavy atom. The van der Waals surface area contributed by atoms with Gasteiger partial charge in [0.05, 0.1) is 12.1 Å². The highest BCUT2D eigenvalue weighted by Gasteiger charge is 2.11. The molecular formula is C17H14N4OS2. The average Bonchev–Trinajstić information content (AvgIpc) is 3.25. The Morgan fingerprint density at radius 2 is 2.12 bits per heavy atom. The Hall–Kier alpha value is -2.51. The largest absolute Gasteiger partial charge is 0.302 e. The van der Waals surface area contributed by atoms with Crippen LogP contribution in [-0.2, 0) is 17.6 Å². The molecule has 1 N–H and O–H groups in total. The predicted octanol–water partition coefficient (Wildman–Crippen LogP) is 3.62. The number of nitrogens with one attached hydrogen (secondary N) is 1. The van der Waals surface area contributed by atoms with Crippen molar-refractivity contribution in [3.05, 3.63) is 70.4 Å². The van der Waals surface area contributed by atoms with Crippen LogP contribution in [0.15, 0.2) is 54.3 Å². The van der Waals surface area contributed by atoms with Gasteiger partial charge >= 0.3 is 0 Å². The van der Waals surface area contributed by atoms with Crippen LogP contribution in [0.5, 0.6) is 0 Å². The van der Waals surface area contributed by atoms with Gasteiger partial charge in [-0.25, -0.2) is 9.97 Å². The highest BCUT2D eigenvalue weighted by molar-refractivity contribution is 7.15. The first-order valence-electron chi connectivity index (χ1n) is 7.46. The van der Waals surface area contributed by atoms with Crippen molar-refractivity contribution in [2.75, 3.05) is 5.32 Å². The van der Waals surface area contributed by atoms with E-state index in [1.807, 2.05) is 46.6 Å². The van der Waals surface area contributed by atoms with Crippen molar-refractivity contribution in [1.29, 1.82) is 0 Å². The fourth-order valence-corrected chi connectivity index (χ4v) is 4.02. The lowest BCUT2D eigenvalue weighted by molar-refractivity contribution is -0.115. The van der Waals surface area contributed by atoms with E-state index >= 15 is 0 Å². The minimum atomic E-state index is -0.0960. The van der Waals surface area contributed by atoms with Crippen LogP contribution in [-0.4, -0.2) is 20.3 Å². The van der Waals surface area contributed by atoms with Gasteiger partial charge in [-0.1, -0.05) is 30.3 Å². The quantitative estimate of drug-likeness (QED) is 0.595. The minimum absolute atomic E-state index is 0.0960. The number of nitrogens with zero attached hydrogens (tertiary/aromatic N) is 3. The summed E-state index contributed by atoms with van der Waals surface area (Å²) in [5.74, 6) is -0.0960. The van der Waals surface area contributed by atoms with E-state index in [4.69, 9.17) is 0 Å². The molecule has 0 saturated carbocycles. The first-order valence-corrected chi connectivity index (χ1v) is 9.15. The minimum Gasteiger partial charge on any atom is -0.302 e. The van der Waals surface area contributed by atoms with Gasteiger partial charge in [0.1, 0.15) is 0 Å².